The lowest BCUT2D eigenvalue weighted by Crippen LogP contribution is -2.33. The maximum Gasteiger partial charge on any atom is 0.162 e. The smallest absolute Gasteiger partial charge is 0.162 e. The molecule has 1 fully saturated rings. The second-order valence-electron chi connectivity index (χ2n) is 5.48. The maximum absolute atomic E-state index is 6.33. The monoisotopic (exact) mass is 313 g/mol. The van der Waals surface area contributed by atoms with Crippen LogP contribution in [0.25, 0.3) is 0 Å². The number of hydrogen-bond acceptors (Lipinski definition) is 4. The molecule has 4 nitrogen and oxygen atoms in total. The van der Waals surface area contributed by atoms with Crippen molar-refractivity contribution >= 4 is 11.6 Å². The molecular formula is C16H24ClNO3. The number of ether oxygens (including phenoxy) is 3. The highest BCUT2D eigenvalue weighted by Gasteiger charge is 2.17. The highest BCUT2D eigenvalue weighted by Crippen LogP contribution is 2.33. The Morgan fingerprint density at radius 3 is 2.57 bits per heavy atom. The van der Waals surface area contributed by atoms with Crippen molar-refractivity contribution < 1.29 is 14.2 Å². The van der Waals surface area contributed by atoms with Crippen LogP contribution in [0.1, 0.15) is 24.8 Å². The molecule has 1 aromatic carbocycles. The minimum atomic E-state index is 0.336. The van der Waals surface area contributed by atoms with Crippen LogP contribution in [0.3, 0.4) is 0 Å². The Bertz CT molecular complexity index is 461. The normalized spacial score (nSPS) is 18.8. The van der Waals surface area contributed by atoms with Crippen molar-refractivity contribution in [1.29, 1.82) is 0 Å². The Hall–Kier alpha value is -0.970. The van der Waals surface area contributed by atoms with E-state index in [1.165, 1.54) is 12.8 Å². The first kappa shape index (κ1) is 16.4. The van der Waals surface area contributed by atoms with Crippen LogP contribution in [0.4, 0.5) is 0 Å². The summed E-state index contributed by atoms with van der Waals surface area (Å²) in [6.45, 7) is 2.57. The number of halogens is 1. The van der Waals surface area contributed by atoms with Crippen LogP contribution in [-0.2, 0) is 11.3 Å². The first-order valence-electron chi connectivity index (χ1n) is 7.34. The van der Waals surface area contributed by atoms with Gasteiger partial charge in [0.15, 0.2) is 11.5 Å². The SMILES string of the molecule is COc1cc(Cl)c(CN(C)CC2CCCCO2)cc1OC. The van der Waals surface area contributed by atoms with Crippen LogP contribution >= 0.6 is 11.6 Å². The number of rotatable bonds is 6. The fourth-order valence-electron chi connectivity index (χ4n) is 2.67. The lowest BCUT2D eigenvalue weighted by Gasteiger charge is -2.27. The van der Waals surface area contributed by atoms with E-state index in [4.69, 9.17) is 25.8 Å². The minimum absolute atomic E-state index is 0.336. The molecule has 1 aromatic rings. The molecule has 0 saturated carbocycles. The molecule has 0 aromatic heterocycles. The van der Waals surface area contributed by atoms with Crippen molar-refractivity contribution in [3.05, 3.63) is 22.7 Å². The Kier molecular flexibility index (Phi) is 6.15. The van der Waals surface area contributed by atoms with E-state index in [-0.39, 0.29) is 0 Å². The first-order chi connectivity index (χ1) is 10.1. The molecule has 1 aliphatic heterocycles. The van der Waals surface area contributed by atoms with Crippen LogP contribution in [0.2, 0.25) is 5.02 Å². The topological polar surface area (TPSA) is 30.9 Å². The summed E-state index contributed by atoms with van der Waals surface area (Å²) in [5.41, 5.74) is 1.03. The van der Waals surface area contributed by atoms with Gasteiger partial charge < -0.3 is 14.2 Å². The summed E-state index contributed by atoms with van der Waals surface area (Å²) in [6.07, 6.45) is 3.92. The van der Waals surface area contributed by atoms with Crippen LogP contribution in [-0.4, -0.2) is 45.4 Å². The predicted molar refractivity (Wildman–Crippen MR) is 84.5 cm³/mol. The second kappa shape index (κ2) is 7.87. The molecule has 0 N–H and O–H groups in total. The molecule has 21 heavy (non-hydrogen) atoms. The fraction of sp³-hybridized carbons (Fsp3) is 0.625. The Labute approximate surface area is 131 Å². The zero-order valence-electron chi connectivity index (χ0n) is 13.0. The van der Waals surface area contributed by atoms with Gasteiger partial charge in [0.2, 0.25) is 0 Å². The highest BCUT2D eigenvalue weighted by atomic mass is 35.5. The van der Waals surface area contributed by atoms with Crippen LogP contribution in [0.15, 0.2) is 12.1 Å². The van der Waals surface area contributed by atoms with Gasteiger partial charge in [-0.15, -0.1) is 0 Å². The standard InChI is InChI=1S/C16H24ClNO3/c1-18(11-13-6-4-5-7-21-13)10-12-8-15(19-2)16(20-3)9-14(12)17/h8-9,13H,4-7,10-11H2,1-3H3. The third kappa shape index (κ3) is 4.50. The molecule has 0 aliphatic carbocycles. The van der Waals surface area contributed by atoms with Crippen molar-refractivity contribution in [2.45, 2.75) is 31.9 Å². The lowest BCUT2D eigenvalue weighted by molar-refractivity contribution is -0.00259. The molecule has 0 spiro atoms. The summed E-state index contributed by atoms with van der Waals surface area (Å²) in [5, 5.41) is 0.698. The van der Waals surface area contributed by atoms with E-state index in [9.17, 15) is 0 Å². The third-order valence-electron chi connectivity index (χ3n) is 3.78. The van der Waals surface area contributed by atoms with Crippen molar-refractivity contribution in [2.24, 2.45) is 0 Å². The summed E-state index contributed by atoms with van der Waals surface area (Å²) in [4.78, 5) is 2.24. The molecule has 1 saturated heterocycles. The molecule has 5 heteroatoms. The van der Waals surface area contributed by atoms with Gasteiger partial charge >= 0.3 is 0 Å². The number of methoxy groups -OCH3 is 2. The quantitative estimate of drug-likeness (QED) is 0.806. The average molecular weight is 314 g/mol. The number of hydrogen-bond donors (Lipinski definition) is 0. The molecule has 118 valence electrons. The van der Waals surface area contributed by atoms with Gasteiger partial charge in [-0.1, -0.05) is 11.6 Å². The Morgan fingerprint density at radius 2 is 1.95 bits per heavy atom. The van der Waals surface area contributed by atoms with Crippen molar-refractivity contribution in [3.8, 4) is 11.5 Å². The van der Waals surface area contributed by atoms with Gasteiger partial charge in [-0.2, -0.15) is 0 Å². The van der Waals surface area contributed by atoms with E-state index in [1.807, 2.05) is 6.07 Å². The van der Waals surface area contributed by atoms with Gasteiger partial charge in [0.1, 0.15) is 0 Å². The van der Waals surface area contributed by atoms with E-state index >= 15 is 0 Å². The van der Waals surface area contributed by atoms with Crippen LogP contribution < -0.4 is 9.47 Å². The number of benzene rings is 1. The first-order valence-corrected chi connectivity index (χ1v) is 7.72. The van der Waals surface area contributed by atoms with E-state index in [2.05, 4.69) is 11.9 Å². The summed E-state index contributed by atoms with van der Waals surface area (Å²) < 4.78 is 16.4. The van der Waals surface area contributed by atoms with Crippen LogP contribution in [0, 0.1) is 0 Å². The molecule has 1 unspecified atom stereocenters. The molecule has 0 radical (unpaired) electrons. The molecular weight excluding hydrogens is 290 g/mol. The van der Waals surface area contributed by atoms with Crippen molar-refractivity contribution in [2.75, 3.05) is 34.4 Å². The fourth-order valence-corrected chi connectivity index (χ4v) is 2.89. The molecule has 0 bridgehead atoms. The van der Waals surface area contributed by atoms with Crippen molar-refractivity contribution in [3.63, 3.8) is 0 Å². The van der Waals surface area contributed by atoms with E-state index in [0.717, 1.165) is 31.7 Å². The van der Waals surface area contributed by atoms with Gasteiger partial charge in [0, 0.05) is 30.8 Å². The Balaban J connectivity index is 2.00. The number of likely N-dealkylation sites (N-methyl/N-ethyl adjacent to an activating group) is 1. The molecule has 1 atom stereocenters. The molecule has 2 rings (SSSR count). The molecule has 0 amide bonds. The summed E-state index contributed by atoms with van der Waals surface area (Å²) >= 11 is 6.33. The largest absolute Gasteiger partial charge is 0.493 e. The zero-order valence-corrected chi connectivity index (χ0v) is 13.8. The Morgan fingerprint density at radius 1 is 1.24 bits per heavy atom. The second-order valence-corrected chi connectivity index (χ2v) is 5.89. The lowest BCUT2D eigenvalue weighted by atomic mass is 10.1. The van der Waals surface area contributed by atoms with Gasteiger partial charge in [-0.05, 0) is 37.9 Å². The average Bonchev–Trinajstić information content (AvgIpc) is 2.49. The maximum atomic E-state index is 6.33. The van der Waals surface area contributed by atoms with Gasteiger partial charge in [-0.3, -0.25) is 4.90 Å². The minimum Gasteiger partial charge on any atom is -0.493 e. The molecule has 1 aliphatic rings. The summed E-state index contributed by atoms with van der Waals surface area (Å²) in [6, 6.07) is 3.75. The number of nitrogens with zero attached hydrogens (tertiary/aromatic N) is 1. The van der Waals surface area contributed by atoms with E-state index in [0.29, 0.717) is 22.6 Å². The summed E-state index contributed by atoms with van der Waals surface area (Å²) in [7, 11) is 5.33. The zero-order chi connectivity index (χ0) is 15.2. The van der Waals surface area contributed by atoms with Gasteiger partial charge in [0.05, 0.1) is 20.3 Å². The highest BCUT2D eigenvalue weighted by molar-refractivity contribution is 6.31. The van der Waals surface area contributed by atoms with Gasteiger partial charge in [-0.25, -0.2) is 0 Å². The van der Waals surface area contributed by atoms with E-state index in [1.54, 1.807) is 20.3 Å². The summed E-state index contributed by atoms with van der Waals surface area (Å²) in [5.74, 6) is 1.36. The van der Waals surface area contributed by atoms with Crippen LogP contribution in [0.5, 0.6) is 11.5 Å². The van der Waals surface area contributed by atoms with Crippen molar-refractivity contribution in [1.82, 2.24) is 4.90 Å². The third-order valence-corrected chi connectivity index (χ3v) is 4.13. The molecule has 1 heterocycles. The van der Waals surface area contributed by atoms with Gasteiger partial charge in [0.25, 0.3) is 0 Å². The van der Waals surface area contributed by atoms with E-state index < -0.39 is 0 Å². The predicted octanol–water partition coefficient (Wildman–Crippen LogP) is 3.36.